The van der Waals surface area contributed by atoms with Gasteiger partial charge < -0.3 is 19.9 Å². The van der Waals surface area contributed by atoms with Crippen molar-refractivity contribution in [3.05, 3.63) is 72.7 Å². The SMILES string of the molecule is COc1cc2nccc(Oc3ccc(N(C(C)=O)C(N)=S)c(F)c3)c2cc1OC.c1cc2cc-2c1. The van der Waals surface area contributed by atoms with E-state index in [1.54, 1.807) is 24.4 Å². The van der Waals surface area contributed by atoms with Gasteiger partial charge in [0.25, 0.3) is 0 Å². The predicted molar refractivity (Wildman–Crippen MR) is 137 cm³/mol. The fraction of sp³-hybridized carbons (Fsp3) is 0.115. The van der Waals surface area contributed by atoms with Crippen LogP contribution in [-0.4, -0.2) is 30.2 Å². The van der Waals surface area contributed by atoms with Crippen LogP contribution in [0.5, 0.6) is 23.0 Å². The second-order valence-corrected chi connectivity index (χ2v) is 7.94. The normalized spacial score (nSPS) is 10.6. The first-order chi connectivity index (χ1) is 16.8. The van der Waals surface area contributed by atoms with E-state index in [4.69, 9.17) is 32.2 Å². The zero-order valence-corrected chi connectivity index (χ0v) is 20.1. The van der Waals surface area contributed by atoms with E-state index in [0.717, 1.165) is 11.0 Å². The molecule has 35 heavy (non-hydrogen) atoms. The highest BCUT2D eigenvalue weighted by Gasteiger charge is 2.19. The molecule has 2 aliphatic rings. The van der Waals surface area contributed by atoms with Crippen molar-refractivity contribution >= 4 is 39.8 Å². The van der Waals surface area contributed by atoms with Crippen molar-refractivity contribution in [2.75, 3.05) is 19.1 Å². The van der Waals surface area contributed by atoms with Gasteiger partial charge in [-0.25, -0.2) is 4.39 Å². The van der Waals surface area contributed by atoms with Crippen molar-refractivity contribution in [2.24, 2.45) is 5.73 Å². The summed E-state index contributed by atoms with van der Waals surface area (Å²) in [6, 6.07) is 17.6. The van der Waals surface area contributed by atoms with Crippen LogP contribution in [0.4, 0.5) is 10.1 Å². The molecule has 1 heterocycles. The average Bonchev–Trinajstić information content (AvgIpc) is 3.44. The number of pyridine rings is 1. The minimum absolute atomic E-state index is 0.0525. The van der Waals surface area contributed by atoms with Gasteiger partial charge in [0, 0.05) is 30.6 Å². The number of nitrogens with zero attached hydrogens (tertiary/aromatic N) is 2. The van der Waals surface area contributed by atoms with Crippen molar-refractivity contribution < 1.29 is 23.4 Å². The van der Waals surface area contributed by atoms with Crippen molar-refractivity contribution in [3.8, 4) is 34.1 Å². The number of hydrogen-bond donors (Lipinski definition) is 1. The van der Waals surface area contributed by atoms with E-state index in [9.17, 15) is 9.18 Å². The first-order valence-electron chi connectivity index (χ1n) is 10.5. The molecule has 7 nitrogen and oxygen atoms in total. The molecule has 2 aromatic carbocycles. The monoisotopic (exact) mass is 491 g/mol. The Morgan fingerprint density at radius 2 is 1.66 bits per heavy atom. The topological polar surface area (TPSA) is 86.9 Å². The summed E-state index contributed by atoms with van der Waals surface area (Å²) >= 11 is 4.83. The molecule has 0 aliphatic heterocycles. The van der Waals surface area contributed by atoms with E-state index in [1.807, 2.05) is 0 Å². The summed E-state index contributed by atoms with van der Waals surface area (Å²) in [6.07, 6.45) is 1.57. The van der Waals surface area contributed by atoms with Crippen molar-refractivity contribution in [3.63, 3.8) is 0 Å². The molecule has 1 aromatic heterocycles. The smallest absolute Gasteiger partial charge is 0.230 e. The second kappa shape index (κ2) is 9.94. The molecule has 0 unspecified atom stereocenters. The summed E-state index contributed by atoms with van der Waals surface area (Å²) in [4.78, 5) is 16.9. The number of carbonyl (C=O) groups is 1. The highest BCUT2D eigenvalue weighted by Crippen LogP contribution is 2.37. The number of methoxy groups -OCH3 is 2. The second-order valence-electron chi connectivity index (χ2n) is 7.52. The van der Waals surface area contributed by atoms with Crippen LogP contribution in [0, 0.1) is 5.82 Å². The summed E-state index contributed by atoms with van der Waals surface area (Å²) in [5.74, 6) is 0.505. The van der Waals surface area contributed by atoms with Gasteiger partial charge in [0.05, 0.1) is 25.4 Å². The minimum Gasteiger partial charge on any atom is -0.493 e. The molecule has 2 aliphatic carbocycles. The van der Waals surface area contributed by atoms with Gasteiger partial charge in [0.15, 0.2) is 22.4 Å². The van der Waals surface area contributed by atoms with Gasteiger partial charge in [0.2, 0.25) is 5.91 Å². The zero-order valence-electron chi connectivity index (χ0n) is 19.2. The molecule has 0 saturated heterocycles. The van der Waals surface area contributed by atoms with Gasteiger partial charge in [-0.05, 0) is 53.7 Å². The Labute approximate surface area is 206 Å². The van der Waals surface area contributed by atoms with Gasteiger partial charge in [-0.1, -0.05) is 18.2 Å². The average molecular weight is 492 g/mol. The third kappa shape index (κ3) is 5.15. The fourth-order valence-corrected chi connectivity index (χ4v) is 3.74. The van der Waals surface area contributed by atoms with Gasteiger partial charge >= 0.3 is 0 Å². The van der Waals surface area contributed by atoms with Crippen molar-refractivity contribution in [2.45, 2.75) is 6.92 Å². The molecule has 0 bridgehead atoms. The molecule has 9 heteroatoms. The van der Waals surface area contributed by atoms with Crippen LogP contribution in [-0.2, 0) is 4.79 Å². The molecule has 178 valence electrons. The first-order valence-corrected chi connectivity index (χ1v) is 10.9. The Kier molecular flexibility index (Phi) is 6.79. The molecule has 0 spiro atoms. The highest BCUT2D eigenvalue weighted by atomic mass is 32.1. The Balaban J connectivity index is 0.000000411. The highest BCUT2D eigenvalue weighted by molar-refractivity contribution is 7.80. The quantitative estimate of drug-likeness (QED) is 0.327. The van der Waals surface area contributed by atoms with Crippen LogP contribution in [0.1, 0.15) is 6.92 Å². The Bertz CT molecular complexity index is 1410. The molecule has 0 saturated carbocycles. The molecule has 3 aromatic rings. The third-order valence-corrected chi connectivity index (χ3v) is 5.43. The molecular formula is C26H22FN3O4S. The van der Waals surface area contributed by atoms with E-state index in [1.165, 1.54) is 44.4 Å². The minimum atomic E-state index is -0.705. The summed E-state index contributed by atoms with van der Waals surface area (Å²) in [5, 5.41) is 0.411. The maximum absolute atomic E-state index is 14.6. The Morgan fingerprint density at radius 3 is 2.17 bits per heavy atom. The summed E-state index contributed by atoms with van der Waals surface area (Å²) in [7, 11) is 3.06. The number of benzene rings is 3. The fourth-order valence-electron chi connectivity index (χ4n) is 3.51. The number of rotatable bonds is 5. The number of halogens is 1. The van der Waals surface area contributed by atoms with Crippen LogP contribution in [0.3, 0.4) is 0 Å². The maximum atomic E-state index is 14.6. The lowest BCUT2D eigenvalue weighted by atomic mass is 10.1. The van der Waals surface area contributed by atoms with Crippen LogP contribution in [0.15, 0.2) is 66.9 Å². The lowest BCUT2D eigenvalue weighted by Gasteiger charge is -2.20. The number of hydrogen-bond acceptors (Lipinski definition) is 6. The number of amides is 1. The summed E-state index contributed by atoms with van der Waals surface area (Å²) in [5.41, 5.74) is 8.94. The number of ether oxygens (including phenoxy) is 3. The number of thiocarbonyl (C=S) groups is 1. The zero-order chi connectivity index (χ0) is 25.1. The first kappa shape index (κ1) is 23.9. The standard InChI is InChI=1S/C20H18FN3O4S.C6H4/c1-11(25)24(20(22)29)16-5-4-12(8-14(16)21)28-17-6-7-23-15-10-19(27-3)18(26-2)9-13(15)17;1-2-5-4-6(5)3-1/h4-10H,1-3H3,(H2,22,29);1-4H. The Morgan fingerprint density at radius 1 is 0.971 bits per heavy atom. The van der Waals surface area contributed by atoms with Crippen LogP contribution in [0.25, 0.3) is 22.0 Å². The predicted octanol–water partition coefficient (Wildman–Crippen LogP) is 5.45. The number of nitrogens with two attached hydrogens (primary N) is 1. The number of carbonyl (C=O) groups excluding carboxylic acids is 1. The van der Waals surface area contributed by atoms with Crippen LogP contribution < -0.4 is 24.8 Å². The van der Waals surface area contributed by atoms with E-state index in [-0.39, 0.29) is 16.5 Å². The molecule has 0 radical (unpaired) electrons. The van der Waals surface area contributed by atoms with E-state index in [2.05, 4.69) is 29.2 Å². The van der Waals surface area contributed by atoms with Gasteiger partial charge in [-0.3, -0.25) is 14.7 Å². The molecular weight excluding hydrogens is 469 g/mol. The molecule has 0 atom stereocenters. The Hall–Kier alpha value is -4.24. The van der Waals surface area contributed by atoms with Gasteiger partial charge in [-0.15, -0.1) is 0 Å². The van der Waals surface area contributed by atoms with E-state index >= 15 is 0 Å². The number of anilines is 1. The van der Waals surface area contributed by atoms with Crippen LogP contribution >= 0.6 is 12.2 Å². The third-order valence-electron chi connectivity index (χ3n) is 5.24. The maximum Gasteiger partial charge on any atom is 0.230 e. The summed E-state index contributed by atoms with van der Waals surface area (Å²) < 4.78 is 31.1. The lowest BCUT2D eigenvalue weighted by Crippen LogP contribution is -2.39. The molecule has 0 fully saturated rings. The number of aromatic nitrogens is 1. The van der Waals surface area contributed by atoms with E-state index < -0.39 is 11.7 Å². The summed E-state index contributed by atoms with van der Waals surface area (Å²) in [6.45, 7) is 1.24. The van der Waals surface area contributed by atoms with Crippen LogP contribution in [0.2, 0.25) is 0 Å². The van der Waals surface area contributed by atoms with Gasteiger partial charge in [0.1, 0.15) is 11.5 Å². The van der Waals surface area contributed by atoms with Crippen molar-refractivity contribution in [1.29, 1.82) is 0 Å². The van der Waals surface area contributed by atoms with E-state index in [0.29, 0.717) is 28.2 Å². The molecule has 5 rings (SSSR count). The molecule has 2 N–H and O–H groups in total. The number of fused-ring (bicyclic) bond motifs is 2. The lowest BCUT2D eigenvalue weighted by molar-refractivity contribution is -0.115. The van der Waals surface area contributed by atoms with Crippen molar-refractivity contribution in [1.82, 2.24) is 4.98 Å². The molecule has 1 amide bonds. The largest absolute Gasteiger partial charge is 0.493 e. The van der Waals surface area contributed by atoms with Gasteiger partial charge in [-0.2, -0.15) is 0 Å².